The van der Waals surface area contributed by atoms with Crippen molar-refractivity contribution in [1.82, 2.24) is 0 Å². The lowest BCUT2D eigenvalue weighted by Crippen LogP contribution is -2.53. The largest absolute Gasteiger partial charge is 0.479 e. The van der Waals surface area contributed by atoms with E-state index in [1.807, 2.05) is 13.8 Å². The van der Waals surface area contributed by atoms with E-state index < -0.39 is 49.3 Å². The standard InChI is InChI=1S/C37H66O10.C29H52O8.C22H42O4/c1-17-19(3)26(10)44-34(21(17)5)41-14-29-23(7)27(11)45-36(25(29)9)42-15-30-24(8)28(12)46-37(40-13)31(30)16-43-35-22(6)18(2)20(4)32(47-35)33(38)39;1-11-22-17(5)20(8)35-28(19(22)7)33-12-23-18(6)21(9)36-29(32-10)24(23)13-34-27-16(4)14(2)15(3)25(37-27)26(30)31;1-9-10-11-19-13(2)17(6)26-22(15(19)4)24-12-20-14(3)18(7)25-21(23-8)16(20)5/h17-32,34-37H,14-16H2,1-13H3,(H,38,39);14-25,27-29H,11-13H2,1-10H3,(H,30,31);13-22H,9-12H2,1-8H3/t17-,18+,19-,20-,21?,22?,23+,24+,25?,26?,27?,28?,29-,30-,31?,32?,34+,35-,36+,37+;14-,15+,16?,17-,18-,19?,20?,21?,22+,23+,24?,25?,27+,28-,29-;13-,14-,15?,16?,17?,18?,19+,20+,21-,22-/m011/s1. The van der Waals surface area contributed by atoms with Gasteiger partial charge in [-0.3, -0.25) is 0 Å². The molecule has 644 valence electrons. The highest BCUT2D eigenvalue weighted by molar-refractivity contribution is 5.73. The lowest BCUT2D eigenvalue weighted by molar-refractivity contribution is -0.300. The number of aliphatic carboxylic acids is 2. The molecule has 9 aliphatic heterocycles. The molecule has 0 aromatic heterocycles. The number of rotatable bonds is 27. The smallest absolute Gasteiger partial charge is 0.333 e. The highest BCUT2D eigenvalue weighted by Gasteiger charge is 2.52. The van der Waals surface area contributed by atoms with Crippen LogP contribution in [0.25, 0.3) is 0 Å². The third kappa shape index (κ3) is 22.6. The van der Waals surface area contributed by atoms with Gasteiger partial charge in [-0.15, -0.1) is 0 Å². The second-order valence-electron chi connectivity index (χ2n) is 36.9. The molecule has 0 bridgehead atoms. The highest BCUT2D eigenvalue weighted by atomic mass is 16.7. The van der Waals surface area contributed by atoms with Crippen LogP contribution in [-0.2, 0) is 94.9 Å². The maximum absolute atomic E-state index is 11.9. The average molecular weight is 1570 g/mol. The van der Waals surface area contributed by atoms with Crippen molar-refractivity contribution in [3.05, 3.63) is 0 Å². The fourth-order valence-corrected chi connectivity index (χ4v) is 20.1. The quantitative estimate of drug-likeness (QED) is 0.0777. The molecule has 0 spiro atoms. The van der Waals surface area contributed by atoms with Gasteiger partial charge in [-0.25, -0.2) is 9.59 Å². The average Bonchev–Trinajstić information content (AvgIpc) is 0.766. The Balaban J connectivity index is 0.000000239. The Hall–Kier alpha value is -1.78. The maximum Gasteiger partial charge on any atom is 0.333 e. The normalized spacial score (nSPS) is 49.5. The highest BCUT2D eigenvalue weighted by Crippen LogP contribution is 2.47. The van der Waals surface area contributed by atoms with Crippen LogP contribution in [0.15, 0.2) is 0 Å². The van der Waals surface area contributed by atoms with E-state index in [0.717, 1.165) is 6.42 Å². The van der Waals surface area contributed by atoms with E-state index in [4.69, 9.17) is 85.3 Å². The van der Waals surface area contributed by atoms with Gasteiger partial charge in [-0.05, 0) is 161 Å². The molecule has 9 rings (SSSR count). The van der Waals surface area contributed by atoms with Crippen LogP contribution in [-0.4, -0.2) is 195 Å². The number of ether oxygens (including phenoxy) is 18. The number of hydrogen-bond donors (Lipinski definition) is 2. The number of unbranched alkanes of at least 4 members (excludes halogenated alkanes) is 1. The molecule has 45 atom stereocenters. The zero-order valence-corrected chi connectivity index (χ0v) is 74.1. The second-order valence-corrected chi connectivity index (χ2v) is 36.9. The summed E-state index contributed by atoms with van der Waals surface area (Å²) >= 11 is 0. The monoisotopic (exact) mass is 1570 g/mol. The Morgan fingerprint density at radius 1 is 0.245 bits per heavy atom. The number of methoxy groups -OCH3 is 3. The topological polar surface area (TPSA) is 241 Å². The molecule has 9 heterocycles. The van der Waals surface area contributed by atoms with Crippen LogP contribution >= 0.6 is 0 Å². The van der Waals surface area contributed by atoms with Gasteiger partial charge in [0.1, 0.15) is 0 Å². The van der Waals surface area contributed by atoms with Crippen molar-refractivity contribution in [2.45, 2.75) is 331 Å². The molecular weight excluding hydrogens is 1410 g/mol. The minimum atomic E-state index is -0.956. The minimum absolute atomic E-state index is 0.00366. The van der Waals surface area contributed by atoms with Gasteiger partial charge in [0.05, 0.1) is 82.4 Å². The van der Waals surface area contributed by atoms with E-state index in [0.29, 0.717) is 117 Å². The maximum atomic E-state index is 11.9. The van der Waals surface area contributed by atoms with E-state index in [-0.39, 0.29) is 157 Å². The number of hydrogen-bond acceptors (Lipinski definition) is 20. The Morgan fingerprint density at radius 3 is 0.809 bits per heavy atom. The summed E-state index contributed by atoms with van der Waals surface area (Å²) in [4.78, 5) is 23.7. The Bertz CT molecular complexity index is 2680. The second kappa shape index (κ2) is 43.3. The molecule has 0 aliphatic carbocycles. The van der Waals surface area contributed by atoms with Crippen LogP contribution in [0, 0.1) is 160 Å². The third-order valence-corrected chi connectivity index (χ3v) is 30.9. The van der Waals surface area contributed by atoms with Crippen LogP contribution in [0.2, 0.25) is 0 Å². The van der Waals surface area contributed by atoms with Gasteiger partial charge in [-0.2, -0.15) is 0 Å². The van der Waals surface area contributed by atoms with Gasteiger partial charge in [0.2, 0.25) is 0 Å². The first-order chi connectivity index (χ1) is 51.8. The molecule has 9 fully saturated rings. The summed E-state index contributed by atoms with van der Waals surface area (Å²) in [5, 5.41) is 19.5. The van der Waals surface area contributed by atoms with Crippen LogP contribution < -0.4 is 0 Å². The molecule has 0 amide bonds. The van der Waals surface area contributed by atoms with E-state index in [2.05, 4.69) is 180 Å². The van der Waals surface area contributed by atoms with Crippen molar-refractivity contribution in [1.29, 1.82) is 0 Å². The molecule has 18 unspecified atom stereocenters. The van der Waals surface area contributed by atoms with Gasteiger partial charge >= 0.3 is 11.9 Å². The molecule has 0 radical (unpaired) electrons. The number of carboxylic acids is 2. The van der Waals surface area contributed by atoms with Gasteiger partial charge in [0, 0.05) is 74.6 Å². The predicted molar refractivity (Wildman–Crippen MR) is 422 cm³/mol. The fourth-order valence-electron chi connectivity index (χ4n) is 20.1. The van der Waals surface area contributed by atoms with E-state index >= 15 is 0 Å². The third-order valence-electron chi connectivity index (χ3n) is 30.9. The molecule has 22 nitrogen and oxygen atoms in total. The van der Waals surface area contributed by atoms with Crippen LogP contribution in [0.3, 0.4) is 0 Å². The molecule has 110 heavy (non-hydrogen) atoms. The van der Waals surface area contributed by atoms with Crippen molar-refractivity contribution in [2.24, 2.45) is 160 Å². The van der Waals surface area contributed by atoms with Gasteiger partial charge in [0.25, 0.3) is 0 Å². The van der Waals surface area contributed by atoms with Crippen LogP contribution in [0.1, 0.15) is 220 Å². The zero-order chi connectivity index (χ0) is 81.9. The first kappa shape index (κ1) is 95.4. The fraction of sp³-hybridized carbons (Fsp3) is 0.977. The molecule has 2 N–H and O–H groups in total. The van der Waals surface area contributed by atoms with E-state index in [1.165, 1.54) is 19.3 Å². The van der Waals surface area contributed by atoms with E-state index in [1.54, 1.807) is 21.3 Å². The van der Waals surface area contributed by atoms with Crippen LogP contribution in [0.5, 0.6) is 0 Å². The lowest BCUT2D eigenvalue weighted by atomic mass is 9.75. The Kier molecular flexibility index (Phi) is 37.5. The van der Waals surface area contributed by atoms with Crippen molar-refractivity contribution < 1.29 is 105 Å². The molecular formula is C88H160O22. The molecule has 9 saturated heterocycles. The number of carbonyl (C=O) groups is 2. The van der Waals surface area contributed by atoms with Crippen molar-refractivity contribution in [2.75, 3.05) is 61.0 Å². The molecule has 0 aromatic carbocycles. The zero-order valence-electron chi connectivity index (χ0n) is 74.1. The summed E-state index contributed by atoms with van der Waals surface area (Å²) in [6.45, 7) is 63.7. The van der Waals surface area contributed by atoms with Crippen LogP contribution in [0.4, 0.5) is 0 Å². The van der Waals surface area contributed by atoms with Gasteiger partial charge < -0.3 is 95.5 Å². The molecule has 0 saturated carbocycles. The Labute approximate surface area is 665 Å². The summed E-state index contributed by atoms with van der Waals surface area (Å²) in [7, 11) is 5.04. The predicted octanol–water partition coefficient (Wildman–Crippen LogP) is 16.4. The lowest BCUT2D eigenvalue weighted by Gasteiger charge is -2.48. The van der Waals surface area contributed by atoms with Crippen molar-refractivity contribution in [3.63, 3.8) is 0 Å². The molecule has 9 aliphatic rings. The first-order valence-electron chi connectivity index (χ1n) is 43.4. The minimum Gasteiger partial charge on any atom is -0.479 e. The van der Waals surface area contributed by atoms with E-state index in [9.17, 15) is 19.8 Å². The summed E-state index contributed by atoms with van der Waals surface area (Å²) in [6.07, 6.45) is 0.639. The molecule has 0 aromatic rings. The summed E-state index contributed by atoms with van der Waals surface area (Å²) < 4.78 is 112. The Morgan fingerprint density at radius 2 is 0.482 bits per heavy atom. The van der Waals surface area contributed by atoms with Crippen molar-refractivity contribution in [3.8, 4) is 0 Å². The van der Waals surface area contributed by atoms with Gasteiger partial charge in [0.15, 0.2) is 68.8 Å². The summed E-state index contributed by atoms with van der Waals surface area (Å²) in [5.74, 6) is 4.85. The molecule has 22 heteroatoms. The first-order valence-corrected chi connectivity index (χ1v) is 43.4. The van der Waals surface area contributed by atoms with Gasteiger partial charge in [-0.1, -0.05) is 165 Å². The SMILES string of the molecule is CCCC[C@@H]1C(C)[C@H](OC[C@@H]2C(C)[C@H](OC)OC(C)[C@H]2C)OC(C)[C@H]1C.CC[C@@H]1C(C)[C@H](OC[C@@H]2C(CO[C@H]3OC(C(=O)O)[C@@H](C)[C@@H](C)C3C)[C@H](OC)OC(C)[C@H]2C)OC(C)[C@H]1C.CO[C@@H]1OC(C)[C@@H](C)[C@H](CO[C@@H]2OC(C)[C@@H](C)[C@H](CO[C@@H]3OC(C)[C@@H](C)[C@H](C)C3C)C2C)C1CO[C@H]1OC(C(=O)O)[C@@H](C)[C@@H](C)C1C. The van der Waals surface area contributed by atoms with Crippen molar-refractivity contribution >= 4 is 11.9 Å². The summed E-state index contributed by atoms with van der Waals surface area (Å²) in [5.41, 5.74) is 0. The summed E-state index contributed by atoms with van der Waals surface area (Å²) in [6, 6.07) is 0. The number of carboxylic acid groups (broad SMARTS) is 2.